The number of pyridine rings is 4. The van der Waals surface area contributed by atoms with Gasteiger partial charge in [0.1, 0.15) is 11.6 Å². The lowest BCUT2D eigenvalue weighted by molar-refractivity contribution is 1.16. The largest absolute Gasteiger partial charge is 0.293 e. The third-order valence-corrected chi connectivity index (χ3v) is 9.85. The van der Waals surface area contributed by atoms with Gasteiger partial charge in [-0.25, -0.2) is 9.97 Å². The molecule has 9 rings (SSSR count). The minimum Gasteiger partial charge on any atom is -0.293 e. The average Bonchev–Trinajstić information content (AvgIpc) is 3.23. The normalized spacial score (nSPS) is 11.1. The molecule has 0 saturated heterocycles. The summed E-state index contributed by atoms with van der Waals surface area (Å²) in [6.45, 7) is 4.27. The lowest BCUT2D eigenvalue weighted by atomic mass is 9.85. The van der Waals surface area contributed by atoms with E-state index >= 15 is 0 Å². The molecule has 0 unspecified atom stereocenters. The molecule has 0 aliphatic rings. The van der Waals surface area contributed by atoms with Gasteiger partial charge in [-0.2, -0.15) is 0 Å². The van der Waals surface area contributed by atoms with Crippen molar-refractivity contribution >= 4 is 55.9 Å². The second kappa shape index (κ2) is 14.1. The zero-order valence-corrected chi connectivity index (χ0v) is 30.0. The summed E-state index contributed by atoms with van der Waals surface area (Å²) >= 11 is 0. The van der Waals surface area contributed by atoms with Crippen LogP contribution >= 0.6 is 0 Å². The van der Waals surface area contributed by atoms with Crippen LogP contribution in [-0.2, 0) is 0 Å². The van der Waals surface area contributed by atoms with Gasteiger partial charge in [0.15, 0.2) is 0 Å². The lowest BCUT2D eigenvalue weighted by Crippen LogP contribution is -2.12. The van der Waals surface area contributed by atoms with Gasteiger partial charge < -0.3 is 0 Å². The Kier molecular flexibility index (Phi) is 8.54. The molecule has 0 amide bonds. The molecule has 5 aromatic carbocycles. The van der Waals surface area contributed by atoms with E-state index in [1.807, 2.05) is 73.3 Å². The molecule has 0 N–H and O–H groups in total. The van der Waals surface area contributed by atoms with Crippen molar-refractivity contribution in [2.75, 3.05) is 9.80 Å². The summed E-state index contributed by atoms with van der Waals surface area (Å²) in [5.41, 5.74) is 10.9. The number of hydrogen-bond acceptors (Lipinski definition) is 6. The number of fused-ring (bicyclic) bond motifs is 2. The van der Waals surface area contributed by atoms with Crippen molar-refractivity contribution in [2.24, 2.45) is 0 Å². The first kappa shape index (κ1) is 32.7. The molecule has 0 spiro atoms. The number of aryl methyl sites for hydroxylation is 2. The second-order valence-electron chi connectivity index (χ2n) is 13.4. The molecule has 0 aliphatic heterocycles. The SMILES string of the molecule is Cc1ccc(-c2c3ccc(N(c4cccnc4)c4ccccn4)cc3c(-c3ccc(C)cc3)c3ccc(N(c4cccnc4)c4ccccn4)cc23)cc1. The fourth-order valence-corrected chi connectivity index (χ4v) is 7.32. The highest BCUT2D eigenvalue weighted by Crippen LogP contribution is 2.48. The van der Waals surface area contributed by atoms with E-state index in [-0.39, 0.29) is 0 Å². The molecule has 54 heavy (non-hydrogen) atoms. The Morgan fingerprint density at radius 3 is 1.19 bits per heavy atom. The van der Waals surface area contributed by atoms with Crippen molar-refractivity contribution in [3.63, 3.8) is 0 Å². The molecule has 0 atom stereocenters. The first-order chi connectivity index (χ1) is 26.6. The first-order valence-corrected chi connectivity index (χ1v) is 18.0. The van der Waals surface area contributed by atoms with Gasteiger partial charge in [0.2, 0.25) is 0 Å². The summed E-state index contributed by atoms with van der Waals surface area (Å²) in [5, 5.41) is 4.60. The Morgan fingerprint density at radius 2 is 0.815 bits per heavy atom. The molecular weight excluding hydrogens is 661 g/mol. The van der Waals surface area contributed by atoms with E-state index in [0.29, 0.717) is 0 Å². The zero-order chi connectivity index (χ0) is 36.4. The fraction of sp³-hybridized carbons (Fsp3) is 0.0417. The summed E-state index contributed by atoms with van der Waals surface area (Å²) in [6, 6.07) is 51.4. The van der Waals surface area contributed by atoms with Crippen LogP contribution in [0.15, 0.2) is 183 Å². The Balaban J connectivity index is 1.38. The maximum atomic E-state index is 4.79. The maximum absolute atomic E-state index is 4.79. The third kappa shape index (κ3) is 6.10. The molecular formula is C48H36N6. The molecule has 4 aromatic heterocycles. The van der Waals surface area contributed by atoms with Gasteiger partial charge in [-0.05, 0) is 130 Å². The molecule has 6 nitrogen and oxygen atoms in total. The van der Waals surface area contributed by atoms with Crippen LogP contribution in [0.4, 0.5) is 34.4 Å². The van der Waals surface area contributed by atoms with Crippen molar-refractivity contribution in [2.45, 2.75) is 13.8 Å². The second-order valence-corrected chi connectivity index (χ2v) is 13.4. The van der Waals surface area contributed by atoms with Crippen LogP contribution in [0.5, 0.6) is 0 Å². The highest BCUT2D eigenvalue weighted by molar-refractivity contribution is 6.22. The maximum Gasteiger partial charge on any atom is 0.137 e. The van der Waals surface area contributed by atoms with Gasteiger partial charge in [-0.3, -0.25) is 19.8 Å². The number of hydrogen-bond donors (Lipinski definition) is 0. The summed E-state index contributed by atoms with van der Waals surface area (Å²) in [4.78, 5) is 22.9. The Morgan fingerprint density at radius 1 is 0.370 bits per heavy atom. The van der Waals surface area contributed by atoms with Crippen LogP contribution in [-0.4, -0.2) is 19.9 Å². The van der Waals surface area contributed by atoms with Crippen LogP contribution in [0.2, 0.25) is 0 Å². The van der Waals surface area contributed by atoms with E-state index in [2.05, 4.69) is 131 Å². The molecule has 4 heterocycles. The highest BCUT2D eigenvalue weighted by atomic mass is 15.2. The van der Waals surface area contributed by atoms with Crippen molar-refractivity contribution in [3.05, 3.63) is 194 Å². The van der Waals surface area contributed by atoms with Gasteiger partial charge in [0, 0.05) is 36.2 Å². The molecule has 0 aliphatic carbocycles. The van der Waals surface area contributed by atoms with E-state index in [1.54, 1.807) is 12.4 Å². The molecule has 0 saturated carbocycles. The van der Waals surface area contributed by atoms with Gasteiger partial charge >= 0.3 is 0 Å². The highest BCUT2D eigenvalue weighted by Gasteiger charge is 2.22. The van der Waals surface area contributed by atoms with Gasteiger partial charge in [-0.1, -0.05) is 83.9 Å². The van der Waals surface area contributed by atoms with Crippen molar-refractivity contribution in [1.29, 1.82) is 0 Å². The fourth-order valence-electron chi connectivity index (χ4n) is 7.32. The molecule has 0 radical (unpaired) electrons. The predicted octanol–water partition coefficient (Wildman–Crippen LogP) is 12.5. The average molecular weight is 697 g/mol. The third-order valence-electron chi connectivity index (χ3n) is 9.85. The minimum absolute atomic E-state index is 0.816. The van der Waals surface area contributed by atoms with Crippen LogP contribution < -0.4 is 9.80 Å². The quantitative estimate of drug-likeness (QED) is 0.147. The minimum atomic E-state index is 0.816. The summed E-state index contributed by atoms with van der Waals surface area (Å²) < 4.78 is 0. The topological polar surface area (TPSA) is 58.0 Å². The number of aromatic nitrogens is 4. The van der Waals surface area contributed by atoms with E-state index in [9.17, 15) is 0 Å². The van der Waals surface area contributed by atoms with E-state index in [1.165, 1.54) is 22.3 Å². The van der Waals surface area contributed by atoms with Crippen molar-refractivity contribution in [1.82, 2.24) is 19.9 Å². The number of anilines is 6. The van der Waals surface area contributed by atoms with E-state index < -0.39 is 0 Å². The Bertz CT molecular complexity index is 2430. The number of rotatable bonds is 8. The number of benzene rings is 5. The summed E-state index contributed by atoms with van der Waals surface area (Å²) in [5.74, 6) is 1.63. The Labute approximate surface area is 314 Å². The molecule has 0 bridgehead atoms. The van der Waals surface area contributed by atoms with Gasteiger partial charge in [0.25, 0.3) is 0 Å². The molecule has 0 fully saturated rings. The smallest absolute Gasteiger partial charge is 0.137 e. The molecule has 9 aromatic rings. The molecule has 6 heteroatoms. The van der Waals surface area contributed by atoms with Crippen LogP contribution in [0.3, 0.4) is 0 Å². The van der Waals surface area contributed by atoms with E-state index in [4.69, 9.17) is 9.97 Å². The van der Waals surface area contributed by atoms with Crippen molar-refractivity contribution in [3.8, 4) is 22.3 Å². The van der Waals surface area contributed by atoms with E-state index in [0.717, 1.165) is 67.1 Å². The van der Waals surface area contributed by atoms with Crippen LogP contribution in [0, 0.1) is 13.8 Å². The molecule has 258 valence electrons. The van der Waals surface area contributed by atoms with Crippen molar-refractivity contribution < 1.29 is 0 Å². The van der Waals surface area contributed by atoms with Gasteiger partial charge in [-0.15, -0.1) is 0 Å². The lowest BCUT2D eigenvalue weighted by Gasteiger charge is -2.27. The van der Waals surface area contributed by atoms with Gasteiger partial charge in [0.05, 0.1) is 23.8 Å². The monoisotopic (exact) mass is 696 g/mol. The van der Waals surface area contributed by atoms with Crippen LogP contribution in [0.1, 0.15) is 11.1 Å². The summed E-state index contributed by atoms with van der Waals surface area (Å²) in [7, 11) is 0. The number of nitrogens with zero attached hydrogens (tertiary/aromatic N) is 6. The standard InChI is InChI=1S/C48H36N6/c1-33-13-17-35(18-14-33)47-41-23-21-38(54(40-10-8-26-50-32-40)46-12-4-6-28-52-46)30-44(41)48(36-19-15-34(2)16-20-36)42-24-22-37(29-43(42)47)53(39-9-7-25-49-31-39)45-11-3-5-27-51-45/h3-32H,1-2H3. The Hall–Kier alpha value is -7.18. The summed E-state index contributed by atoms with van der Waals surface area (Å²) in [6.07, 6.45) is 11.0. The predicted molar refractivity (Wildman–Crippen MR) is 222 cm³/mol. The first-order valence-electron chi connectivity index (χ1n) is 18.0. The van der Waals surface area contributed by atoms with Crippen LogP contribution in [0.25, 0.3) is 43.8 Å². The zero-order valence-electron chi connectivity index (χ0n) is 30.0.